The minimum absolute atomic E-state index is 0.252. The normalized spacial score (nSPS) is 10.4. The van der Waals surface area contributed by atoms with Gasteiger partial charge < -0.3 is 10.2 Å². The second-order valence-corrected chi connectivity index (χ2v) is 5.85. The minimum atomic E-state index is -0.409. The van der Waals surface area contributed by atoms with E-state index in [0.29, 0.717) is 33.0 Å². The first-order valence-electron chi connectivity index (χ1n) is 7.09. The molecule has 0 spiro atoms. The van der Waals surface area contributed by atoms with Gasteiger partial charge in [-0.05, 0) is 25.1 Å². The third-order valence-electron chi connectivity index (χ3n) is 3.21. The number of fused-ring (bicyclic) bond motifs is 1. The molecule has 0 aliphatic heterocycles. The number of amides is 2. The van der Waals surface area contributed by atoms with Crippen molar-refractivity contribution >= 4 is 38.5 Å². The Morgan fingerprint density at radius 2 is 2.25 bits per heavy atom. The number of nitrogens with one attached hydrogen (secondary N) is 2. The fraction of sp³-hybridized carbons (Fsp3) is 0.125. The summed E-state index contributed by atoms with van der Waals surface area (Å²) < 4.78 is 15.0. The summed E-state index contributed by atoms with van der Waals surface area (Å²) in [5.74, 6) is -0.157. The molecule has 8 heteroatoms. The van der Waals surface area contributed by atoms with E-state index in [-0.39, 0.29) is 11.8 Å². The molecular formula is C16H12FN5OS. The molecule has 0 fully saturated rings. The van der Waals surface area contributed by atoms with Gasteiger partial charge in [0.1, 0.15) is 12.0 Å². The van der Waals surface area contributed by atoms with Gasteiger partial charge in [0.2, 0.25) is 0 Å². The minimum Gasteiger partial charge on any atom is -0.361 e. The van der Waals surface area contributed by atoms with Gasteiger partial charge in [0, 0.05) is 17.7 Å². The van der Waals surface area contributed by atoms with Gasteiger partial charge >= 0.3 is 6.03 Å². The maximum atomic E-state index is 14.4. The molecule has 2 amide bonds. The van der Waals surface area contributed by atoms with Crippen LogP contribution in [0.25, 0.3) is 26.2 Å². The van der Waals surface area contributed by atoms with Crippen molar-refractivity contribution in [2.75, 3.05) is 11.9 Å². The van der Waals surface area contributed by atoms with Crippen LogP contribution < -0.4 is 10.6 Å². The van der Waals surface area contributed by atoms with Crippen LogP contribution in [0.5, 0.6) is 0 Å². The van der Waals surface area contributed by atoms with E-state index in [1.807, 2.05) is 6.92 Å². The number of anilines is 1. The number of thiazole rings is 1. The highest BCUT2D eigenvalue weighted by molar-refractivity contribution is 7.22. The van der Waals surface area contributed by atoms with Crippen molar-refractivity contribution < 1.29 is 9.18 Å². The van der Waals surface area contributed by atoms with E-state index < -0.39 is 5.82 Å². The predicted octanol–water partition coefficient (Wildman–Crippen LogP) is 4.19. The van der Waals surface area contributed by atoms with E-state index in [9.17, 15) is 9.18 Å². The van der Waals surface area contributed by atoms with Crippen molar-refractivity contribution in [2.24, 2.45) is 0 Å². The number of urea groups is 1. The van der Waals surface area contributed by atoms with Crippen molar-refractivity contribution in [3.63, 3.8) is 0 Å². The summed E-state index contributed by atoms with van der Waals surface area (Å²) in [6.07, 6.45) is 1.46. The van der Waals surface area contributed by atoms with Crippen molar-refractivity contribution in [3.05, 3.63) is 47.7 Å². The molecule has 0 aliphatic carbocycles. The molecule has 120 valence electrons. The first-order chi connectivity index (χ1) is 11.6. The van der Waals surface area contributed by atoms with Crippen LogP contribution in [0.4, 0.5) is 20.1 Å². The largest absolute Gasteiger partial charge is 0.361 e. The summed E-state index contributed by atoms with van der Waals surface area (Å²) in [5.41, 5.74) is 1.49. The smallest absolute Gasteiger partial charge is 0.321 e. The number of carbonyl (C=O) groups excluding carboxylic acids is 1. The third-order valence-corrected chi connectivity index (χ3v) is 4.14. The van der Waals surface area contributed by atoms with Crippen molar-refractivity contribution in [1.82, 2.24) is 15.3 Å². The van der Waals surface area contributed by atoms with E-state index in [0.717, 1.165) is 0 Å². The van der Waals surface area contributed by atoms with Crippen LogP contribution in [0.1, 0.15) is 6.92 Å². The number of benzene rings is 1. The monoisotopic (exact) mass is 341 g/mol. The summed E-state index contributed by atoms with van der Waals surface area (Å²) in [4.78, 5) is 23.0. The van der Waals surface area contributed by atoms with Crippen LogP contribution in [0, 0.1) is 12.4 Å². The first kappa shape index (κ1) is 15.8. The number of hydrogen-bond donors (Lipinski definition) is 2. The molecule has 0 bridgehead atoms. The molecule has 0 saturated carbocycles. The van der Waals surface area contributed by atoms with E-state index in [4.69, 9.17) is 6.57 Å². The van der Waals surface area contributed by atoms with Crippen LogP contribution in [-0.4, -0.2) is 22.5 Å². The Morgan fingerprint density at radius 3 is 2.92 bits per heavy atom. The molecule has 0 atom stereocenters. The van der Waals surface area contributed by atoms with Crippen LogP contribution in [0.15, 0.2) is 30.5 Å². The van der Waals surface area contributed by atoms with Gasteiger partial charge in [-0.1, -0.05) is 24.0 Å². The average Bonchev–Trinajstić information content (AvgIpc) is 2.95. The van der Waals surface area contributed by atoms with Crippen LogP contribution in [-0.2, 0) is 0 Å². The Bertz CT molecular complexity index is 945. The average molecular weight is 341 g/mol. The van der Waals surface area contributed by atoms with E-state index in [2.05, 4.69) is 25.4 Å². The lowest BCUT2D eigenvalue weighted by Gasteiger charge is -2.02. The number of rotatable bonds is 3. The SMILES string of the molecule is [C-]#[N+]c1ccc(-c2cc3nc(NC(=O)NCC)sc3cc2F)cn1. The predicted molar refractivity (Wildman–Crippen MR) is 91.8 cm³/mol. The molecule has 2 N–H and O–H groups in total. The topological polar surface area (TPSA) is 71.3 Å². The molecule has 2 heterocycles. The molecule has 6 nitrogen and oxygen atoms in total. The quantitative estimate of drug-likeness (QED) is 0.702. The Kier molecular flexibility index (Phi) is 4.35. The first-order valence-corrected chi connectivity index (χ1v) is 7.91. The lowest BCUT2D eigenvalue weighted by atomic mass is 10.1. The lowest BCUT2D eigenvalue weighted by molar-refractivity contribution is 0.252. The molecule has 0 radical (unpaired) electrons. The highest BCUT2D eigenvalue weighted by Gasteiger charge is 2.13. The molecule has 0 unspecified atom stereocenters. The number of pyridine rings is 1. The Hall–Kier alpha value is -3.05. The summed E-state index contributed by atoms with van der Waals surface area (Å²) in [7, 11) is 0. The van der Waals surface area contributed by atoms with E-state index in [1.54, 1.807) is 12.1 Å². The van der Waals surface area contributed by atoms with Crippen LogP contribution in [0.2, 0.25) is 0 Å². The summed E-state index contributed by atoms with van der Waals surface area (Å²) in [5, 5.41) is 5.62. The van der Waals surface area contributed by atoms with Gasteiger partial charge in [-0.2, -0.15) is 0 Å². The number of halogens is 1. The van der Waals surface area contributed by atoms with Crippen molar-refractivity contribution in [2.45, 2.75) is 6.92 Å². The van der Waals surface area contributed by atoms with Crippen LogP contribution in [0.3, 0.4) is 0 Å². The fourth-order valence-corrected chi connectivity index (χ4v) is 3.00. The Labute approximate surface area is 141 Å². The van der Waals surface area contributed by atoms with Crippen molar-refractivity contribution in [3.8, 4) is 11.1 Å². The second-order valence-electron chi connectivity index (χ2n) is 4.82. The van der Waals surface area contributed by atoms with Gasteiger partial charge in [-0.3, -0.25) is 5.32 Å². The number of hydrogen-bond acceptors (Lipinski definition) is 4. The Balaban J connectivity index is 1.96. The van der Waals surface area contributed by atoms with E-state index in [1.165, 1.54) is 29.7 Å². The lowest BCUT2D eigenvalue weighted by Crippen LogP contribution is -2.28. The van der Waals surface area contributed by atoms with Gasteiger partial charge in [-0.25, -0.2) is 14.2 Å². The Morgan fingerprint density at radius 1 is 1.42 bits per heavy atom. The maximum Gasteiger partial charge on any atom is 0.321 e. The highest BCUT2D eigenvalue weighted by atomic mass is 32.1. The fourth-order valence-electron chi connectivity index (χ4n) is 2.14. The molecule has 0 saturated heterocycles. The zero-order valence-corrected chi connectivity index (χ0v) is 13.4. The maximum absolute atomic E-state index is 14.4. The van der Waals surface area contributed by atoms with Gasteiger partial charge in [0.15, 0.2) is 5.13 Å². The van der Waals surface area contributed by atoms with Crippen LogP contribution >= 0.6 is 11.3 Å². The molecule has 2 aromatic heterocycles. The molecule has 3 aromatic rings. The number of nitrogens with zero attached hydrogens (tertiary/aromatic N) is 3. The zero-order valence-electron chi connectivity index (χ0n) is 12.6. The number of carbonyl (C=O) groups is 1. The van der Waals surface area contributed by atoms with Crippen molar-refractivity contribution in [1.29, 1.82) is 0 Å². The third kappa shape index (κ3) is 3.16. The molecule has 1 aromatic carbocycles. The van der Waals surface area contributed by atoms with Gasteiger partial charge in [-0.15, -0.1) is 4.98 Å². The summed E-state index contributed by atoms with van der Waals surface area (Å²) in [6.45, 7) is 9.21. The molecule has 0 aliphatic rings. The summed E-state index contributed by atoms with van der Waals surface area (Å²) in [6, 6.07) is 5.82. The molecule has 24 heavy (non-hydrogen) atoms. The number of aromatic nitrogens is 2. The highest BCUT2D eigenvalue weighted by Crippen LogP contribution is 2.32. The summed E-state index contributed by atoms with van der Waals surface area (Å²) >= 11 is 1.20. The van der Waals surface area contributed by atoms with Gasteiger partial charge in [0.25, 0.3) is 5.82 Å². The standard InChI is InChI=1S/C16H12FN5OS/c1-3-19-15(23)22-16-21-12-6-10(11(17)7-13(12)24-16)9-4-5-14(18-2)20-8-9/h4-8H,3H2,1H3,(H2,19,21,22,23). The second kappa shape index (κ2) is 6.60. The van der Waals surface area contributed by atoms with Gasteiger partial charge in [0.05, 0.1) is 10.2 Å². The molecule has 3 rings (SSSR count). The zero-order chi connectivity index (χ0) is 17.1. The van der Waals surface area contributed by atoms with E-state index >= 15 is 0 Å². The molecular weight excluding hydrogens is 329 g/mol.